The number of phenolic OH excluding ortho intramolecular Hbond substituents is 1. The number of aromatic hydroxyl groups is 1. The van der Waals surface area contributed by atoms with Crippen molar-refractivity contribution in [1.82, 2.24) is 9.97 Å². The van der Waals surface area contributed by atoms with Gasteiger partial charge in [0.2, 0.25) is 5.75 Å². The van der Waals surface area contributed by atoms with Crippen LogP contribution in [0.1, 0.15) is 27.7 Å². The number of ether oxygens (including phenoxy) is 2. The number of allylic oxidation sites excluding steroid dienone is 2. The highest BCUT2D eigenvalue weighted by atomic mass is 31.2. The minimum atomic E-state index is -3.91. The Morgan fingerprint density at radius 2 is 1.77 bits per heavy atom. The molecule has 1 aromatic carbocycles. The molecular weight excluding hydrogens is 409 g/mol. The summed E-state index contributed by atoms with van der Waals surface area (Å²) in [6, 6.07) is 2.81. The summed E-state index contributed by atoms with van der Waals surface area (Å²) in [4.78, 5) is 7.99. The third-order valence-corrected chi connectivity index (χ3v) is 6.01. The summed E-state index contributed by atoms with van der Waals surface area (Å²) in [5.74, 6) is 0.401. The Morgan fingerprint density at radius 1 is 1.13 bits per heavy atom. The summed E-state index contributed by atoms with van der Waals surface area (Å²) in [6.07, 6.45) is 6.26. The number of nitrogens with zero attached hydrogens (tertiary/aromatic N) is 2. The molecule has 1 atom stereocenters. The molecule has 0 amide bonds. The van der Waals surface area contributed by atoms with Crippen LogP contribution < -0.4 is 19.5 Å². The molecule has 30 heavy (non-hydrogen) atoms. The molecule has 0 fully saturated rings. The Labute approximate surface area is 176 Å². The lowest BCUT2D eigenvalue weighted by Gasteiger charge is -2.25. The highest BCUT2D eigenvalue weighted by Crippen LogP contribution is 2.59. The first-order valence-electron chi connectivity index (χ1n) is 9.37. The minimum absolute atomic E-state index is 0.100. The Balaban J connectivity index is 2.49. The maximum Gasteiger partial charge on any atom is 0.427 e. The highest BCUT2D eigenvalue weighted by Gasteiger charge is 2.36. The van der Waals surface area contributed by atoms with Crippen molar-refractivity contribution in [3.8, 4) is 23.0 Å². The van der Waals surface area contributed by atoms with Crippen molar-refractivity contribution in [1.29, 1.82) is 0 Å². The van der Waals surface area contributed by atoms with Gasteiger partial charge in [-0.1, -0.05) is 33.8 Å². The van der Waals surface area contributed by atoms with Gasteiger partial charge in [-0.15, -0.1) is 0 Å². The average Bonchev–Trinajstić information content (AvgIpc) is 2.72. The van der Waals surface area contributed by atoms with E-state index in [0.29, 0.717) is 5.31 Å². The second-order valence-corrected chi connectivity index (χ2v) is 8.92. The Kier molecular flexibility index (Phi) is 8.08. The molecule has 0 bridgehead atoms. The summed E-state index contributed by atoms with van der Waals surface area (Å²) in [6.45, 7) is 7.73. The topological polar surface area (TPSA) is 112 Å². The molecule has 2 rings (SSSR count). The van der Waals surface area contributed by atoms with Crippen LogP contribution in [0.3, 0.4) is 0 Å². The molecule has 1 heterocycles. The molecule has 1 unspecified atom stereocenters. The van der Waals surface area contributed by atoms with Crippen molar-refractivity contribution >= 4 is 13.4 Å². The van der Waals surface area contributed by atoms with Crippen LogP contribution in [-0.2, 0) is 9.19 Å². The Morgan fingerprint density at radius 3 is 2.23 bits per heavy atom. The molecule has 0 aliphatic rings. The molecule has 0 saturated carbocycles. The zero-order chi connectivity index (χ0) is 22.3. The maximum absolute atomic E-state index is 13.9. The van der Waals surface area contributed by atoms with Crippen molar-refractivity contribution < 1.29 is 28.3 Å². The number of hydrogen-bond donors (Lipinski definition) is 2. The van der Waals surface area contributed by atoms with Gasteiger partial charge in [-0.25, -0.2) is 15.0 Å². The van der Waals surface area contributed by atoms with Crippen molar-refractivity contribution in [2.24, 2.45) is 11.8 Å². The van der Waals surface area contributed by atoms with E-state index >= 15 is 0 Å². The van der Waals surface area contributed by atoms with E-state index < -0.39 is 7.60 Å². The summed E-state index contributed by atoms with van der Waals surface area (Å²) in [5, 5.41) is 10.6. The molecule has 10 heteroatoms. The van der Waals surface area contributed by atoms with Crippen molar-refractivity contribution in [2.75, 3.05) is 19.7 Å². The number of methoxy groups -OCH3 is 2. The number of nitrogens with one attached hydrogen (secondary N) is 1. The van der Waals surface area contributed by atoms with Gasteiger partial charge in [-0.05, 0) is 11.8 Å². The van der Waals surface area contributed by atoms with Gasteiger partial charge >= 0.3 is 7.60 Å². The van der Waals surface area contributed by atoms with Gasteiger partial charge < -0.3 is 19.1 Å². The smallest absolute Gasteiger partial charge is 0.427 e. The van der Waals surface area contributed by atoms with Crippen LogP contribution in [0.4, 0.5) is 5.82 Å². The molecular formula is C20H28N3O6P. The van der Waals surface area contributed by atoms with E-state index in [9.17, 15) is 9.67 Å². The van der Waals surface area contributed by atoms with Crippen LogP contribution in [0.5, 0.6) is 23.0 Å². The van der Waals surface area contributed by atoms with Gasteiger partial charge in [0, 0.05) is 24.5 Å². The number of hydrogen-bond acceptors (Lipinski definition) is 9. The second-order valence-electron chi connectivity index (χ2n) is 7.04. The molecule has 0 aliphatic heterocycles. The lowest BCUT2D eigenvalue weighted by Crippen LogP contribution is -2.11. The number of phenols is 1. The van der Waals surface area contributed by atoms with Crippen LogP contribution in [0.2, 0.25) is 0 Å². The van der Waals surface area contributed by atoms with Gasteiger partial charge in [0.1, 0.15) is 5.75 Å². The number of aromatic nitrogens is 2. The zero-order valence-electron chi connectivity index (χ0n) is 17.9. The van der Waals surface area contributed by atoms with Crippen LogP contribution in [-0.4, -0.2) is 29.3 Å². The van der Waals surface area contributed by atoms with Gasteiger partial charge in [0.05, 0.1) is 25.7 Å². The number of rotatable bonds is 10. The van der Waals surface area contributed by atoms with Crippen molar-refractivity contribution in [2.45, 2.75) is 27.7 Å². The summed E-state index contributed by atoms with van der Waals surface area (Å²) in [5.41, 5.74) is 2.57. The Bertz CT molecular complexity index is 893. The van der Waals surface area contributed by atoms with Gasteiger partial charge in [-0.2, -0.15) is 4.62 Å². The first kappa shape index (κ1) is 23.5. The monoisotopic (exact) mass is 437 g/mol. The van der Waals surface area contributed by atoms with E-state index in [1.54, 1.807) is 0 Å². The summed E-state index contributed by atoms with van der Waals surface area (Å²) >= 11 is 0. The van der Waals surface area contributed by atoms with E-state index in [0.717, 1.165) is 0 Å². The molecule has 164 valence electrons. The Hall–Kier alpha value is -2.77. The lowest BCUT2D eigenvalue weighted by molar-refractivity contribution is 0.313. The molecule has 0 aliphatic carbocycles. The van der Waals surface area contributed by atoms with Crippen LogP contribution in [0.15, 0.2) is 42.1 Å². The fourth-order valence-corrected chi connectivity index (χ4v) is 4.54. The first-order chi connectivity index (χ1) is 14.2. The van der Waals surface area contributed by atoms with E-state index in [2.05, 4.69) is 15.4 Å². The van der Waals surface area contributed by atoms with Gasteiger partial charge in [0.15, 0.2) is 17.3 Å². The molecule has 0 saturated heterocycles. The van der Waals surface area contributed by atoms with Crippen molar-refractivity contribution in [3.05, 3.63) is 42.1 Å². The second kappa shape index (κ2) is 10.3. The van der Waals surface area contributed by atoms with Crippen LogP contribution >= 0.6 is 7.60 Å². The van der Waals surface area contributed by atoms with Crippen LogP contribution in [0.25, 0.3) is 0 Å². The van der Waals surface area contributed by atoms with E-state index in [4.69, 9.17) is 18.6 Å². The molecule has 0 spiro atoms. The molecule has 2 aromatic rings. The third kappa shape index (κ3) is 5.87. The molecule has 9 nitrogen and oxygen atoms in total. The standard InChI is InChI=1S/C20H28N3O6P/c1-13(2)9-18(14(3)4)30(25,29-23-19-12-21-7-8-22-19)28-15-10-16(26-5)20(24)17(11-15)27-6/h7-14,24H,1-6H3,(H,22,23)/b18-9+. The zero-order valence-corrected chi connectivity index (χ0v) is 18.8. The minimum Gasteiger partial charge on any atom is -0.502 e. The molecule has 1 aromatic heterocycles. The fourth-order valence-electron chi connectivity index (χ4n) is 2.59. The van der Waals surface area contributed by atoms with Gasteiger partial charge in [0.25, 0.3) is 0 Å². The van der Waals surface area contributed by atoms with Crippen molar-refractivity contribution in [3.63, 3.8) is 0 Å². The number of anilines is 1. The quantitative estimate of drug-likeness (QED) is 0.391. The highest BCUT2D eigenvalue weighted by molar-refractivity contribution is 7.58. The number of benzene rings is 1. The predicted octanol–water partition coefficient (Wildman–Crippen LogP) is 5.01. The SMILES string of the molecule is COc1cc(OP(=O)(ONc2cnccn2)/C(=C/C(C)C)C(C)C)cc(OC)c1O. The molecule has 2 N–H and O–H groups in total. The van der Waals surface area contributed by atoms with Crippen LogP contribution in [0, 0.1) is 11.8 Å². The predicted molar refractivity (Wildman–Crippen MR) is 114 cm³/mol. The normalized spacial score (nSPS) is 13.8. The maximum atomic E-state index is 13.9. The first-order valence-corrected chi connectivity index (χ1v) is 10.9. The molecule has 0 radical (unpaired) electrons. The van der Waals surface area contributed by atoms with E-state index in [1.165, 1.54) is 44.9 Å². The fraction of sp³-hybridized carbons (Fsp3) is 0.400. The summed E-state index contributed by atoms with van der Waals surface area (Å²) in [7, 11) is -1.13. The van der Waals surface area contributed by atoms with E-state index in [1.807, 2.05) is 33.8 Å². The largest absolute Gasteiger partial charge is 0.502 e. The lowest BCUT2D eigenvalue weighted by atomic mass is 10.1. The summed E-state index contributed by atoms with van der Waals surface area (Å²) < 4.78 is 35.7. The van der Waals surface area contributed by atoms with E-state index in [-0.39, 0.29) is 40.7 Å². The average molecular weight is 437 g/mol. The van der Waals surface area contributed by atoms with Gasteiger partial charge in [-0.3, -0.25) is 4.98 Å². The third-order valence-electron chi connectivity index (χ3n) is 3.92.